The molecule has 3 rings (SSSR count). The van der Waals surface area contributed by atoms with Gasteiger partial charge in [0.2, 0.25) is 6.79 Å². The molecular weight excluding hydrogens is 353 g/mol. The minimum absolute atomic E-state index is 0.0360. The molecule has 0 saturated carbocycles. The fraction of sp³-hybridized carbons (Fsp3) is 0.188. The van der Waals surface area contributed by atoms with E-state index in [9.17, 15) is 9.18 Å². The number of hydrogen-bond donors (Lipinski definition) is 1. The van der Waals surface area contributed by atoms with Gasteiger partial charge in [0, 0.05) is 11.0 Å². The molecular formula is C16H13BrFNO3. The summed E-state index contributed by atoms with van der Waals surface area (Å²) in [5, 5.41) is 2.71. The van der Waals surface area contributed by atoms with Crippen LogP contribution in [0.15, 0.2) is 40.9 Å². The second-order valence-electron chi connectivity index (χ2n) is 4.82. The molecule has 0 saturated heterocycles. The minimum Gasteiger partial charge on any atom is -0.454 e. The van der Waals surface area contributed by atoms with E-state index in [-0.39, 0.29) is 12.4 Å². The van der Waals surface area contributed by atoms with Crippen LogP contribution < -0.4 is 14.8 Å². The van der Waals surface area contributed by atoms with Crippen LogP contribution >= 0.6 is 15.9 Å². The summed E-state index contributed by atoms with van der Waals surface area (Å²) in [4.78, 5) is 11.9. The number of ether oxygens (including phenoxy) is 2. The third kappa shape index (κ3) is 3.22. The summed E-state index contributed by atoms with van der Waals surface area (Å²) in [6, 6.07) is 10.0. The van der Waals surface area contributed by atoms with Gasteiger partial charge < -0.3 is 14.8 Å². The molecule has 114 valence electrons. The van der Waals surface area contributed by atoms with Gasteiger partial charge in [-0.05, 0) is 42.3 Å². The molecule has 0 bridgehead atoms. The summed E-state index contributed by atoms with van der Waals surface area (Å²) in [5.74, 6) is 0.466. The number of benzene rings is 2. The summed E-state index contributed by atoms with van der Waals surface area (Å²) in [5.41, 5.74) is 1.05. The molecule has 6 heteroatoms. The van der Waals surface area contributed by atoms with Crippen LogP contribution in [0.25, 0.3) is 0 Å². The van der Waals surface area contributed by atoms with Crippen LogP contribution in [0.3, 0.4) is 0 Å². The molecule has 1 heterocycles. The van der Waals surface area contributed by atoms with Gasteiger partial charge in [-0.1, -0.05) is 22.0 Å². The van der Waals surface area contributed by atoms with Gasteiger partial charge in [-0.3, -0.25) is 4.79 Å². The maximum Gasteiger partial charge on any atom is 0.254 e. The van der Waals surface area contributed by atoms with E-state index >= 15 is 0 Å². The topological polar surface area (TPSA) is 47.6 Å². The Balaban J connectivity index is 1.57. The lowest BCUT2D eigenvalue weighted by atomic mass is 10.1. The fourth-order valence-electron chi connectivity index (χ4n) is 2.19. The Kier molecular flexibility index (Phi) is 4.29. The van der Waals surface area contributed by atoms with Gasteiger partial charge in [0.05, 0.1) is 5.56 Å². The Morgan fingerprint density at radius 2 is 2.00 bits per heavy atom. The van der Waals surface area contributed by atoms with E-state index in [0.717, 1.165) is 11.3 Å². The maximum atomic E-state index is 13.7. The first-order valence-corrected chi connectivity index (χ1v) is 7.54. The highest BCUT2D eigenvalue weighted by Crippen LogP contribution is 2.32. The number of carbonyl (C=O) groups excluding carboxylic acids is 1. The van der Waals surface area contributed by atoms with Crippen molar-refractivity contribution in [2.24, 2.45) is 0 Å². The predicted octanol–water partition coefficient (Wildman–Crippen LogP) is 3.29. The van der Waals surface area contributed by atoms with Gasteiger partial charge in [-0.2, -0.15) is 0 Å². The third-order valence-electron chi connectivity index (χ3n) is 3.31. The van der Waals surface area contributed by atoms with E-state index in [1.165, 1.54) is 12.1 Å². The molecule has 0 radical (unpaired) electrons. The van der Waals surface area contributed by atoms with Crippen molar-refractivity contribution in [1.82, 2.24) is 5.32 Å². The van der Waals surface area contributed by atoms with Crippen molar-refractivity contribution in [3.63, 3.8) is 0 Å². The number of rotatable bonds is 4. The second kappa shape index (κ2) is 6.36. The molecule has 22 heavy (non-hydrogen) atoms. The molecule has 1 N–H and O–H groups in total. The highest BCUT2D eigenvalue weighted by Gasteiger charge is 2.14. The lowest BCUT2D eigenvalue weighted by molar-refractivity contribution is 0.0950. The second-order valence-corrected chi connectivity index (χ2v) is 5.73. The van der Waals surface area contributed by atoms with Gasteiger partial charge in [0.15, 0.2) is 11.5 Å². The molecule has 0 aromatic heterocycles. The van der Waals surface area contributed by atoms with Crippen LogP contribution in [0.2, 0.25) is 0 Å². The zero-order chi connectivity index (χ0) is 15.5. The summed E-state index contributed by atoms with van der Waals surface area (Å²) in [7, 11) is 0. The fourth-order valence-corrected chi connectivity index (χ4v) is 2.52. The smallest absolute Gasteiger partial charge is 0.254 e. The van der Waals surface area contributed by atoms with Crippen molar-refractivity contribution in [2.45, 2.75) is 6.42 Å². The lowest BCUT2D eigenvalue weighted by Crippen LogP contribution is -2.26. The molecule has 4 nitrogen and oxygen atoms in total. The predicted molar refractivity (Wildman–Crippen MR) is 82.7 cm³/mol. The maximum absolute atomic E-state index is 13.7. The largest absolute Gasteiger partial charge is 0.454 e. The van der Waals surface area contributed by atoms with Crippen LogP contribution in [0.1, 0.15) is 15.9 Å². The number of fused-ring (bicyclic) bond motifs is 1. The van der Waals surface area contributed by atoms with Crippen molar-refractivity contribution in [3.05, 3.63) is 57.8 Å². The van der Waals surface area contributed by atoms with Crippen LogP contribution in [0.5, 0.6) is 11.5 Å². The van der Waals surface area contributed by atoms with Gasteiger partial charge in [-0.25, -0.2) is 4.39 Å². The molecule has 0 fully saturated rings. The van der Waals surface area contributed by atoms with Gasteiger partial charge in [-0.15, -0.1) is 0 Å². The van der Waals surface area contributed by atoms with Crippen LogP contribution in [-0.2, 0) is 6.42 Å². The highest BCUT2D eigenvalue weighted by atomic mass is 79.9. The Hall–Kier alpha value is -2.08. The van der Waals surface area contributed by atoms with E-state index in [1.807, 2.05) is 18.2 Å². The van der Waals surface area contributed by atoms with Crippen LogP contribution in [0.4, 0.5) is 4.39 Å². The zero-order valence-corrected chi connectivity index (χ0v) is 13.2. The summed E-state index contributed by atoms with van der Waals surface area (Å²) in [6.07, 6.45) is 0.626. The minimum atomic E-state index is -0.546. The van der Waals surface area contributed by atoms with Gasteiger partial charge >= 0.3 is 0 Å². The molecule has 2 aromatic rings. The summed E-state index contributed by atoms with van der Waals surface area (Å²) < 4.78 is 24.8. The summed E-state index contributed by atoms with van der Waals surface area (Å²) in [6.45, 7) is 0.645. The van der Waals surface area contributed by atoms with Crippen molar-refractivity contribution in [3.8, 4) is 11.5 Å². The van der Waals surface area contributed by atoms with Crippen molar-refractivity contribution in [1.29, 1.82) is 0 Å². The molecule has 0 aliphatic carbocycles. The molecule has 1 amide bonds. The van der Waals surface area contributed by atoms with E-state index in [0.29, 0.717) is 23.2 Å². The lowest BCUT2D eigenvalue weighted by Gasteiger charge is -2.07. The number of amides is 1. The standard InChI is InChI=1S/C16H13BrFNO3/c17-11-2-3-12(13(18)8-11)16(20)19-6-5-10-1-4-14-15(7-10)22-9-21-14/h1-4,7-8H,5-6,9H2,(H,19,20). The molecule has 0 atom stereocenters. The van der Waals surface area contributed by atoms with E-state index in [1.54, 1.807) is 6.07 Å². The number of nitrogens with one attached hydrogen (secondary N) is 1. The monoisotopic (exact) mass is 365 g/mol. The zero-order valence-electron chi connectivity index (χ0n) is 11.6. The Morgan fingerprint density at radius 1 is 1.18 bits per heavy atom. The van der Waals surface area contributed by atoms with Crippen LogP contribution in [0, 0.1) is 5.82 Å². The number of halogens is 2. The summed E-state index contributed by atoms with van der Waals surface area (Å²) >= 11 is 3.16. The van der Waals surface area contributed by atoms with Crippen LogP contribution in [-0.4, -0.2) is 19.2 Å². The molecule has 0 unspecified atom stereocenters. The Morgan fingerprint density at radius 3 is 2.82 bits per heavy atom. The Labute approximate surface area is 135 Å². The molecule has 1 aliphatic rings. The average Bonchev–Trinajstić information content (AvgIpc) is 2.94. The first-order valence-electron chi connectivity index (χ1n) is 6.75. The van der Waals surface area contributed by atoms with Gasteiger partial charge in [0.1, 0.15) is 5.82 Å². The number of carbonyl (C=O) groups is 1. The van der Waals surface area contributed by atoms with Crippen molar-refractivity contribution >= 4 is 21.8 Å². The van der Waals surface area contributed by atoms with Gasteiger partial charge in [0.25, 0.3) is 5.91 Å². The molecule has 2 aromatic carbocycles. The van der Waals surface area contributed by atoms with E-state index in [2.05, 4.69) is 21.2 Å². The van der Waals surface area contributed by atoms with Crippen molar-refractivity contribution < 1.29 is 18.7 Å². The third-order valence-corrected chi connectivity index (χ3v) is 3.81. The highest BCUT2D eigenvalue weighted by molar-refractivity contribution is 9.10. The Bertz CT molecular complexity index is 721. The first kappa shape index (κ1) is 14.8. The first-order chi connectivity index (χ1) is 10.6. The normalized spacial score (nSPS) is 12.3. The van der Waals surface area contributed by atoms with Crippen molar-refractivity contribution in [2.75, 3.05) is 13.3 Å². The van der Waals surface area contributed by atoms with E-state index in [4.69, 9.17) is 9.47 Å². The SMILES string of the molecule is O=C(NCCc1ccc2c(c1)OCO2)c1ccc(Br)cc1F. The van der Waals surface area contributed by atoms with E-state index < -0.39 is 11.7 Å². The molecule has 0 spiro atoms. The average molecular weight is 366 g/mol. The molecule has 1 aliphatic heterocycles. The number of hydrogen-bond acceptors (Lipinski definition) is 3. The quantitative estimate of drug-likeness (QED) is 0.904.